The van der Waals surface area contributed by atoms with Crippen molar-refractivity contribution in [2.75, 3.05) is 22.6 Å². The van der Waals surface area contributed by atoms with Crippen LogP contribution in [0.15, 0.2) is 42.9 Å². The Hall–Kier alpha value is -3.20. The lowest BCUT2D eigenvalue weighted by atomic mass is 10.1. The molecule has 9 heteroatoms. The van der Waals surface area contributed by atoms with Gasteiger partial charge in [-0.15, -0.1) is 0 Å². The lowest BCUT2D eigenvalue weighted by Gasteiger charge is -2.38. The van der Waals surface area contributed by atoms with Crippen LogP contribution in [0, 0.1) is 5.82 Å². The number of nitrogens with zero attached hydrogens (tertiary/aromatic N) is 5. The highest BCUT2D eigenvalue weighted by Crippen LogP contribution is 2.31. The zero-order chi connectivity index (χ0) is 20.4. The average Bonchev–Trinajstić information content (AvgIpc) is 3.16. The number of anilines is 3. The molecular formula is C20H24FN7O. The van der Waals surface area contributed by atoms with Gasteiger partial charge in [-0.1, -0.05) is 19.1 Å². The molecule has 8 nitrogen and oxygen atoms in total. The molecule has 0 spiro atoms. The first-order valence-corrected chi connectivity index (χ1v) is 9.57. The van der Waals surface area contributed by atoms with Crippen molar-refractivity contribution in [3.05, 3.63) is 59.8 Å². The van der Waals surface area contributed by atoms with E-state index in [1.807, 2.05) is 29.7 Å². The van der Waals surface area contributed by atoms with Gasteiger partial charge in [-0.25, -0.2) is 9.37 Å². The zero-order valence-corrected chi connectivity index (χ0v) is 16.4. The second kappa shape index (κ2) is 8.04. The molecule has 0 bridgehead atoms. The van der Waals surface area contributed by atoms with E-state index < -0.39 is 6.23 Å². The van der Waals surface area contributed by atoms with Gasteiger partial charge < -0.3 is 20.6 Å². The fourth-order valence-corrected chi connectivity index (χ4v) is 3.49. The molecule has 1 aromatic carbocycles. The van der Waals surface area contributed by atoms with Crippen LogP contribution >= 0.6 is 0 Å². The van der Waals surface area contributed by atoms with Crippen LogP contribution in [0.1, 0.15) is 24.5 Å². The van der Waals surface area contributed by atoms with Gasteiger partial charge in [0.25, 0.3) is 0 Å². The number of rotatable bonds is 6. The minimum absolute atomic E-state index is 0.0463. The molecule has 1 aliphatic rings. The van der Waals surface area contributed by atoms with Crippen LogP contribution in [-0.4, -0.2) is 44.2 Å². The second-order valence-corrected chi connectivity index (χ2v) is 7.13. The standard InChI is InChI=1S/C20H24FN7O/c1-3-17-19(29)25-16-10-23-20(26-18(16)27(17)2)22-8-14-9-24-28(12-14)11-13-4-6-15(21)7-5-13/h4-7,9-10,12,17,19,25,29H,3,8,11H2,1-2H3,(H,22,23,26)/t17-,19?/m1/s1. The lowest BCUT2D eigenvalue weighted by molar-refractivity contribution is 0.162. The smallest absolute Gasteiger partial charge is 0.225 e. The number of aliphatic hydroxyl groups is 1. The predicted molar refractivity (Wildman–Crippen MR) is 109 cm³/mol. The largest absolute Gasteiger partial charge is 0.372 e. The van der Waals surface area contributed by atoms with Crippen molar-refractivity contribution < 1.29 is 9.50 Å². The number of halogens is 1. The zero-order valence-electron chi connectivity index (χ0n) is 16.4. The number of aromatic nitrogens is 4. The first-order chi connectivity index (χ1) is 14.0. The number of nitrogens with one attached hydrogen (secondary N) is 2. The summed E-state index contributed by atoms with van der Waals surface area (Å²) in [5.41, 5.74) is 2.68. The second-order valence-electron chi connectivity index (χ2n) is 7.13. The Morgan fingerprint density at radius 3 is 2.76 bits per heavy atom. The molecule has 152 valence electrons. The monoisotopic (exact) mass is 397 g/mol. The molecule has 3 aromatic rings. The average molecular weight is 397 g/mol. The quantitative estimate of drug-likeness (QED) is 0.588. The molecule has 0 fully saturated rings. The van der Waals surface area contributed by atoms with Crippen molar-refractivity contribution >= 4 is 17.5 Å². The number of likely N-dealkylation sites (N-methyl/N-ethyl adjacent to an activating group) is 1. The van der Waals surface area contributed by atoms with Crippen molar-refractivity contribution in [3.63, 3.8) is 0 Å². The number of hydrogen-bond donors (Lipinski definition) is 3. The number of benzene rings is 1. The van der Waals surface area contributed by atoms with Gasteiger partial charge in [-0.3, -0.25) is 4.68 Å². The Balaban J connectivity index is 1.40. The summed E-state index contributed by atoms with van der Waals surface area (Å²) in [6, 6.07) is 6.35. The fourth-order valence-electron chi connectivity index (χ4n) is 3.49. The highest BCUT2D eigenvalue weighted by atomic mass is 19.1. The summed E-state index contributed by atoms with van der Waals surface area (Å²) in [5.74, 6) is 1.02. The maximum atomic E-state index is 13.0. The first kappa shape index (κ1) is 19.1. The molecule has 0 radical (unpaired) electrons. The molecule has 0 aliphatic carbocycles. The summed E-state index contributed by atoms with van der Waals surface area (Å²) >= 11 is 0. The molecule has 4 rings (SSSR count). The summed E-state index contributed by atoms with van der Waals surface area (Å²) in [6.45, 7) is 3.13. The van der Waals surface area contributed by atoms with E-state index in [1.54, 1.807) is 24.5 Å². The molecule has 0 saturated carbocycles. The van der Waals surface area contributed by atoms with Gasteiger partial charge in [0.2, 0.25) is 5.95 Å². The lowest BCUT2D eigenvalue weighted by Crippen LogP contribution is -2.49. The SMILES string of the molecule is CC[C@@H]1C(O)Nc2cnc(NCc3cnn(Cc4ccc(F)cc4)c3)nc2N1C. The van der Waals surface area contributed by atoms with Gasteiger partial charge >= 0.3 is 0 Å². The molecule has 2 atom stereocenters. The van der Waals surface area contributed by atoms with Crippen molar-refractivity contribution in [2.45, 2.75) is 38.7 Å². The molecule has 3 N–H and O–H groups in total. The minimum Gasteiger partial charge on any atom is -0.372 e. The van der Waals surface area contributed by atoms with Crippen LogP contribution in [0.5, 0.6) is 0 Å². The van der Waals surface area contributed by atoms with Gasteiger partial charge in [-0.2, -0.15) is 10.1 Å². The first-order valence-electron chi connectivity index (χ1n) is 9.57. The molecule has 3 heterocycles. The van der Waals surface area contributed by atoms with E-state index in [4.69, 9.17) is 0 Å². The van der Waals surface area contributed by atoms with Crippen LogP contribution < -0.4 is 15.5 Å². The van der Waals surface area contributed by atoms with Crippen molar-refractivity contribution in [2.24, 2.45) is 0 Å². The molecule has 0 saturated heterocycles. The van der Waals surface area contributed by atoms with Crippen molar-refractivity contribution in [1.29, 1.82) is 0 Å². The molecule has 1 aliphatic heterocycles. The molecule has 1 unspecified atom stereocenters. The van der Waals surface area contributed by atoms with Gasteiger partial charge in [0.05, 0.1) is 30.7 Å². The summed E-state index contributed by atoms with van der Waals surface area (Å²) < 4.78 is 14.8. The van der Waals surface area contributed by atoms with E-state index in [0.717, 1.165) is 23.4 Å². The number of aliphatic hydroxyl groups excluding tert-OH is 1. The maximum absolute atomic E-state index is 13.0. The highest BCUT2D eigenvalue weighted by molar-refractivity contribution is 5.69. The summed E-state index contributed by atoms with van der Waals surface area (Å²) in [4.78, 5) is 10.9. The van der Waals surface area contributed by atoms with Gasteiger partial charge in [-0.05, 0) is 24.1 Å². The fraction of sp³-hybridized carbons (Fsp3) is 0.350. The van der Waals surface area contributed by atoms with E-state index in [0.29, 0.717) is 24.7 Å². The van der Waals surface area contributed by atoms with E-state index >= 15 is 0 Å². The van der Waals surface area contributed by atoms with E-state index in [-0.39, 0.29) is 11.9 Å². The van der Waals surface area contributed by atoms with E-state index in [1.165, 1.54) is 12.1 Å². The van der Waals surface area contributed by atoms with Crippen molar-refractivity contribution in [3.8, 4) is 0 Å². The Morgan fingerprint density at radius 2 is 2.00 bits per heavy atom. The normalized spacial score (nSPS) is 18.3. The van der Waals surface area contributed by atoms with Crippen LogP contribution in [0.4, 0.5) is 21.8 Å². The van der Waals surface area contributed by atoms with Crippen molar-refractivity contribution in [1.82, 2.24) is 19.7 Å². The van der Waals surface area contributed by atoms with Crippen LogP contribution in [0.25, 0.3) is 0 Å². The molecule has 2 aromatic heterocycles. The van der Waals surface area contributed by atoms with E-state index in [2.05, 4.69) is 25.7 Å². The number of fused-ring (bicyclic) bond motifs is 1. The Labute approximate surface area is 168 Å². The van der Waals surface area contributed by atoms with Crippen LogP contribution in [0.3, 0.4) is 0 Å². The third-order valence-electron chi connectivity index (χ3n) is 5.08. The maximum Gasteiger partial charge on any atom is 0.225 e. The van der Waals surface area contributed by atoms with Gasteiger partial charge in [0, 0.05) is 25.4 Å². The van der Waals surface area contributed by atoms with Crippen LogP contribution in [-0.2, 0) is 13.1 Å². The Bertz CT molecular complexity index is 975. The summed E-state index contributed by atoms with van der Waals surface area (Å²) in [6.07, 6.45) is 5.54. The third-order valence-corrected chi connectivity index (χ3v) is 5.08. The van der Waals surface area contributed by atoms with E-state index in [9.17, 15) is 9.50 Å². The molecule has 29 heavy (non-hydrogen) atoms. The number of hydrogen-bond acceptors (Lipinski definition) is 7. The van der Waals surface area contributed by atoms with Gasteiger partial charge in [0.15, 0.2) is 5.82 Å². The minimum atomic E-state index is -0.646. The Morgan fingerprint density at radius 1 is 1.21 bits per heavy atom. The highest BCUT2D eigenvalue weighted by Gasteiger charge is 2.30. The summed E-state index contributed by atoms with van der Waals surface area (Å²) in [7, 11) is 1.92. The third kappa shape index (κ3) is 4.14. The van der Waals surface area contributed by atoms with Gasteiger partial charge in [0.1, 0.15) is 12.0 Å². The molecular weight excluding hydrogens is 373 g/mol. The van der Waals surface area contributed by atoms with Crippen LogP contribution in [0.2, 0.25) is 0 Å². The summed E-state index contributed by atoms with van der Waals surface area (Å²) in [5, 5.41) is 20.8. The predicted octanol–water partition coefficient (Wildman–Crippen LogP) is 2.43. The molecule has 0 amide bonds. The Kier molecular flexibility index (Phi) is 5.30. The topological polar surface area (TPSA) is 91.1 Å².